The van der Waals surface area contributed by atoms with E-state index in [9.17, 15) is 4.79 Å². The lowest BCUT2D eigenvalue weighted by molar-refractivity contribution is 0.663. The van der Waals surface area contributed by atoms with Gasteiger partial charge in [-0.25, -0.2) is 9.97 Å². The van der Waals surface area contributed by atoms with Gasteiger partial charge in [0.1, 0.15) is 5.82 Å². The summed E-state index contributed by atoms with van der Waals surface area (Å²) in [4.78, 5) is 22.3. The molecule has 6 nitrogen and oxygen atoms in total. The van der Waals surface area contributed by atoms with E-state index < -0.39 is 0 Å². The molecule has 1 aliphatic carbocycles. The van der Waals surface area contributed by atoms with Crippen LogP contribution in [0.1, 0.15) is 24.7 Å². The first-order valence-corrected chi connectivity index (χ1v) is 10.8. The van der Waals surface area contributed by atoms with Crippen LogP contribution in [0.5, 0.6) is 0 Å². The van der Waals surface area contributed by atoms with Crippen LogP contribution in [0.15, 0.2) is 63.0 Å². The molecule has 5 rings (SSSR count). The van der Waals surface area contributed by atoms with Crippen LogP contribution in [-0.2, 0) is 5.75 Å². The molecule has 0 bridgehead atoms. The van der Waals surface area contributed by atoms with Gasteiger partial charge in [0.15, 0.2) is 5.82 Å². The standard InChI is InChI=1S/C20H16BrN5OS/c21-15-7-3-1-5-13(15)18-23-20(25-24-18)28-11-17-22-16-8-4-2-6-14(16)19(27)26(17)12-9-10-12/h1-8,12H,9-11H2,(H,23,24,25). The maximum atomic E-state index is 12.9. The van der Waals surface area contributed by atoms with Crippen molar-refractivity contribution in [3.8, 4) is 11.4 Å². The Labute approximate surface area is 173 Å². The van der Waals surface area contributed by atoms with E-state index in [1.807, 2.05) is 53.1 Å². The fraction of sp³-hybridized carbons (Fsp3) is 0.200. The number of nitrogens with one attached hydrogen (secondary N) is 1. The first kappa shape index (κ1) is 17.6. The lowest BCUT2D eigenvalue weighted by Crippen LogP contribution is -2.24. The molecule has 2 aromatic heterocycles. The summed E-state index contributed by atoms with van der Waals surface area (Å²) < 4.78 is 2.82. The van der Waals surface area contributed by atoms with Gasteiger partial charge in [-0.05, 0) is 31.0 Å². The van der Waals surface area contributed by atoms with Crippen molar-refractivity contribution in [1.82, 2.24) is 24.7 Å². The number of nitrogens with zero attached hydrogens (tertiary/aromatic N) is 4. The highest BCUT2D eigenvalue weighted by Gasteiger charge is 2.28. The molecule has 0 aliphatic heterocycles. The first-order valence-electron chi connectivity index (χ1n) is 9.01. The lowest BCUT2D eigenvalue weighted by atomic mass is 10.2. The Hall–Kier alpha value is -2.45. The van der Waals surface area contributed by atoms with Gasteiger partial charge in [-0.3, -0.25) is 14.5 Å². The minimum atomic E-state index is 0.0487. The molecule has 0 spiro atoms. The molecular formula is C20H16BrN5OS. The van der Waals surface area contributed by atoms with Crippen LogP contribution in [0.4, 0.5) is 0 Å². The van der Waals surface area contributed by atoms with Crippen molar-refractivity contribution in [2.45, 2.75) is 29.8 Å². The van der Waals surface area contributed by atoms with Crippen molar-refractivity contribution in [3.05, 3.63) is 69.2 Å². The molecule has 2 heterocycles. The summed E-state index contributed by atoms with van der Waals surface area (Å²) in [7, 11) is 0. The summed E-state index contributed by atoms with van der Waals surface area (Å²) in [6.45, 7) is 0. The number of benzene rings is 2. The second-order valence-corrected chi connectivity index (χ2v) is 8.48. The maximum absolute atomic E-state index is 12.9. The summed E-state index contributed by atoms with van der Waals surface area (Å²) >= 11 is 5.02. The fourth-order valence-electron chi connectivity index (χ4n) is 3.22. The maximum Gasteiger partial charge on any atom is 0.261 e. The van der Waals surface area contributed by atoms with Crippen molar-refractivity contribution >= 4 is 38.6 Å². The van der Waals surface area contributed by atoms with E-state index in [2.05, 4.69) is 31.1 Å². The van der Waals surface area contributed by atoms with E-state index in [0.29, 0.717) is 22.1 Å². The van der Waals surface area contributed by atoms with E-state index in [1.165, 1.54) is 11.8 Å². The van der Waals surface area contributed by atoms with Crippen LogP contribution in [0, 0.1) is 0 Å². The average Bonchev–Trinajstić information content (AvgIpc) is 3.44. The number of rotatable bonds is 5. The molecule has 0 saturated heterocycles. The Kier molecular flexibility index (Phi) is 4.52. The summed E-state index contributed by atoms with van der Waals surface area (Å²) in [5, 5.41) is 8.62. The van der Waals surface area contributed by atoms with Gasteiger partial charge in [0, 0.05) is 16.1 Å². The van der Waals surface area contributed by atoms with E-state index >= 15 is 0 Å². The fourth-order valence-corrected chi connectivity index (χ4v) is 4.42. The molecule has 0 amide bonds. The second kappa shape index (κ2) is 7.18. The smallest absolute Gasteiger partial charge is 0.261 e. The largest absolute Gasteiger partial charge is 0.292 e. The molecule has 8 heteroatoms. The molecule has 0 radical (unpaired) electrons. The topological polar surface area (TPSA) is 76.5 Å². The molecule has 1 N–H and O–H groups in total. The highest BCUT2D eigenvalue weighted by Crippen LogP contribution is 2.36. The molecule has 1 aliphatic rings. The monoisotopic (exact) mass is 453 g/mol. The predicted octanol–water partition coefficient (Wildman–Crippen LogP) is 4.57. The van der Waals surface area contributed by atoms with Gasteiger partial charge in [0.05, 0.1) is 16.7 Å². The van der Waals surface area contributed by atoms with Crippen LogP contribution < -0.4 is 5.56 Å². The van der Waals surface area contributed by atoms with Crippen molar-refractivity contribution in [1.29, 1.82) is 0 Å². The van der Waals surface area contributed by atoms with Crippen LogP contribution in [0.2, 0.25) is 0 Å². The SMILES string of the molecule is O=c1c2ccccc2nc(CSc2n[nH]c(-c3ccccc3Br)n2)n1C1CC1. The molecule has 2 aromatic carbocycles. The normalized spacial score (nSPS) is 13.9. The van der Waals surface area contributed by atoms with Crippen LogP contribution >= 0.6 is 27.7 Å². The molecule has 0 unspecified atom stereocenters. The van der Waals surface area contributed by atoms with Crippen molar-refractivity contribution < 1.29 is 0 Å². The molecule has 140 valence electrons. The Balaban J connectivity index is 1.45. The predicted molar refractivity (Wildman–Crippen MR) is 113 cm³/mol. The van der Waals surface area contributed by atoms with Gasteiger partial charge in [0.2, 0.25) is 5.16 Å². The number of hydrogen-bond acceptors (Lipinski definition) is 5. The number of hydrogen-bond donors (Lipinski definition) is 1. The van der Waals surface area contributed by atoms with Crippen LogP contribution in [0.3, 0.4) is 0 Å². The van der Waals surface area contributed by atoms with E-state index in [0.717, 1.165) is 34.2 Å². The first-order chi connectivity index (χ1) is 13.7. The van der Waals surface area contributed by atoms with Gasteiger partial charge in [-0.2, -0.15) is 0 Å². The summed E-state index contributed by atoms with van der Waals surface area (Å²) in [5.74, 6) is 2.04. The van der Waals surface area contributed by atoms with Crippen LogP contribution in [-0.4, -0.2) is 24.7 Å². The molecule has 0 atom stereocenters. The highest BCUT2D eigenvalue weighted by atomic mass is 79.9. The van der Waals surface area contributed by atoms with Crippen LogP contribution in [0.25, 0.3) is 22.3 Å². The third-order valence-electron chi connectivity index (χ3n) is 4.72. The average molecular weight is 454 g/mol. The number of aromatic amines is 1. The van der Waals surface area contributed by atoms with Crippen molar-refractivity contribution in [3.63, 3.8) is 0 Å². The second-order valence-electron chi connectivity index (χ2n) is 6.69. The quantitative estimate of drug-likeness (QED) is 0.447. The number of fused-ring (bicyclic) bond motifs is 1. The minimum absolute atomic E-state index is 0.0487. The van der Waals surface area contributed by atoms with Gasteiger partial charge in [0.25, 0.3) is 5.56 Å². The van der Waals surface area contributed by atoms with Gasteiger partial charge < -0.3 is 0 Å². The number of halogens is 1. The van der Waals surface area contributed by atoms with Crippen molar-refractivity contribution in [2.24, 2.45) is 0 Å². The van der Waals surface area contributed by atoms with Gasteiger partial charge in [-0.15, -0.1) is 5.10 Å². The third-order valence-corrected chi connectivity index (χ3v) is 6.25. The zero-order chi connectivity index (χ0) is 19.1. The zero-order valence-electron chi connectivity index (χ0n) is 14.8. The minimum Gasteiger partial charge on any atom is -0.292 e. The molecule has 1 fully saturated rings. The van der Waals surface area contributed by atoms with Gasteiger partial charge in [-0.1, -0.05) is 58.0 Å². The van der Waals surface area contributed by atoms with Crippen molar-refractivity contribution in [2.75, 3.05) is 0 Å². The number of para-hydroxylation sites is 1. The lowest BCUT2D eigenvalue weighted by Gasteiger charge is -2.11. The highest BCUT2D eigenvalue weighted by molar-refractivity contribution is 9.10. The molecule has 1 saturated carbocycles. The summed E-state index contributed by atoms with van der Waals surface area (Å²) in [6, 6.07) is 15.7. The van der Waals surface area contributed by atoms with E-state index in [-0.39, 0.29) is 11.6 Å². The Bertz CT molecular complexity index is 1230. The summed E-state index contributed by atoms with van der Waals surface area (Å²) in [5.41, 5.74) is 1.75. The Morgan fingerprint density at radius 3 is 2.71 bits per heavy atom. The Morgan fingerprint density at radius 1 is 1.11 bits per heavy atom. The molecular weight excluding hydrogens is 438 g/mol. The number of aromatic nitrogens is 5. The Morgan fingerprint density at radius 2 is 1.89 bits per heavy atom. The third kappa shape index (κ3) is 3.27. The number of H-pyrrole nitrogens is 1. The zero-order valence-corrected chi connectivity index (χ0v) is 17.2. The van der Waals surface area contributed by atoms with E-state index in [1.54, 1.807) is 0 Å². The van der Waals surface area contributed by atoms with Gasteiger partial charge >= 0.3 is 0 Å². The molecule has 28 heavy (non-hydrogen) atoms. The molecule has 4 aromatic rings. The summed E-state index contributed by atoms with van der Waals surface area (Å²) in [6.07, 6.45) is 2.06. The number of thioether (sulfide) groups is 1. The van der Waals surface area contributed by atoms with E-state index in [4.69, 9.17) is 4.98 Å².